The summed E-state index contributed by atoms with van der Waals surface area (Å²) in [6.07, 6.45) is 0.820. The second-order valence-electron chi connectivity index (χ2n) is 3.64. The van der Waals surface area contributed by atoms with E-state index in [1.807, 2.05) is 0 Å². The molecule has 0 amide bonds. The van der Waals surface area contributed by atoms with Crippen LogP contribution in [0, 0.1) is 0 Å². The largest absolute Gasteiger partial charge is 0.327 e. The first-order valence-corrected chi connectivity index (χ1v) is 4.68. The maximum absolute atomic E-state index is 13.9. The quantitative estimate of drug-likeness (QED) is 0.796. The molecule has 2 N–H and O–H groups in total. The fraction of sp³-hybridized carbons (Fsp3) is 0.400. The molecule has 14 heavy (non-hydrogen) atoms. The SMILES string of the molecule is Cl.NC1CC(F)(c2cccc(Cl)c2)C1. The Hall–Kier alpha value is -0.310. The monoisotopic (exact) mass is 235 g/mol. The van der Waals surface area contributed by atoms with Crippen LogP contribution in [0.4, 0.5) is 4.39 Å². The van der Waals surface area contributed by atoms with E-state index in [9.17, 15) is 4.39 Å². The van der Waals surface area contributed by atoms with Crippen molar-refractivity contribution in [2.24, 2.45) is 5.73 Å². The highest BCUT2D eigenvalue weighted by molar-refractivity contribution is 6.30. The summed E-state index contributed by atoms with van der Waals surface area (Å²) in [6.45, 7) is 0. The molecule has 1 aromatic rings. The standard InChI is InChI=1S/C10H11ClFN.ClH/c11-8-3-1-2-7(4-8)10(12)5-9(13)6-10;/h1-4,9H,5-6,13H2;1H. The number of hydrogen-bond donors (Lipinski definition) is 1. The molecule has 1 aromatic carbocycles. The fourth-order valence-corrected chi connectivity index (χ4v) is 1.96. The van der Waals surface area contributed by atoms with Gasteiger partial charge in [0, 0.05) is 23.9 Å². The van der Waals surface area contributed by atoms with Crippen molar-refractivity contribution in [1.82, 2.24) is 0 Å². The zero-order valence-corrected chi connectivity index (χ0v) is 9.11. The molecule has 4 heteroatoms. The van der Waals surface area contributed by atoms with Gasteiger partial charge in [-0.05, 0) is 17.7 Å². The van der Waals surface area contributed by atoms with Crippen molar-refractivity contribution in [3.63, 3.8) is 0 Å². The van der Waals surface area contributed by atoms with Gasteiger partial charge in [-0.3, -0.25) is 0 Å². The van der Waals surface area contributed by atoms with Gasteiger partial charge in [-0.1, -0.05) is 23.7 Å². The molecule has 0 heterocycles. The van der Waals surface area contributed by atoms with E-state index in [1.54, 1.807) is 24.3 Å². The first-order valence-electron chi connectivity index (χ1n) is 4.31. The Morgan fingerprint density at radius 1 is 1.43 bits per heavy atom. The highest BCUT2D eigenvalue weighted by atomic mass is 35.5. The molecule has 0 atom stereocenters. The Morgan fingerprint density at radius 2 is 2.07 bits per heavy atom. The topological polar surface area (TPSA) is 26.0 Å². The molecule has 1 aliphatic carbocycles. The van der Waals surface area contributed by atoms with Gasteiger partial charge in [-0.2, -0.15) is 0 Å². The summed E-state index contributed by atoms with van der Waals surface area (Å²) in [5.74, 6) is 0. The molecule has 0 unspecified atom stereocenters. The van der Waals surface area contributed by atoms with E-state index >= 15 is 0 Å². The van der Waals surface area contributed by atoms with Gasteiger partial charge >= 0.3 is 0 Å². The van der Waals surface area contributed by atoms with Gasteiger partial charge in [0.25, 0.3) is 0 Å². The predicted molar refractivity (Wildman–Crippen MR) is 58.7 cm³/mol. The normalized spacial score (nSPS) is 30.4. The Bertz CT molecular complexity index is 324. The summed E-state index contributed by atoms with van der Waals surface area (Å²) >= 11 is 5.77. The van der Waals surface area contributed by atoms with Crippen molar-refractivity contribution in [3.8, 4) is 0 Å². The lowest BCUT2D eigenvalue weighted by Crippen LogP contribution is -2.46. The molecule has 0 saturated heterocycles. The van der Waals surface area contributed by atoms with E-state index in [-0.39, 0.29) is 18.4 Å². The van der Waals surface area contributed by atoms with Crippen LogP contribution in [0.15, 0.2) is 24.3 Å². The van der Waals surface area contributed by atoms with Crippen LogP contribution in [-0.2, 0) is 5.67 Å². The van der Waals surface area contributed by atoms with E-state index in [2.05, 4.69) is 0 Å². The van der Waals surface area contributed by atoms with Crippen molar-refractivity contribution in [3.05, 3.63) is 34.9 Å². The first kappa shape index (κ1) is 11.8. The minimum Gasteiger partial charge on any atom is -0.327 e. The van der Waals surface area contributed by atoms with Crippen molar-refractivity contribution >= 4 is 24.0 Å². The molecule has 1 nitrogen and oxygen atoms in total. The maximum atomic E-state index is 13.9. The molecule has 0 aromatic heterocycles. The minimum absolute atomic E-state index is 0. The van der Waals surface area contributed by atoms with Crippen molar-refractivity contribution in [2.75, 3.05) is 0 Å². The van der Waals surface area contributed by atoms with Gasteiger partial charge in [0.1, 0.15) is 5.67 Å². The van der Waals surface area contributed by atoms with Gasteiger partial charge < -0.3 is 5.73 Å². The second-order valence-corrected chi connectivity index (χ2v) is 4.08. The Balaban J connectivity index is 0.000000980. The third-order valence-electron chi connectivity index (χ3n) is 2.51. The van der Waals surface area contributed by atoms with Crippen LogP contribution >= 0.6 is 24.0 Å². The molecule has 1 saturated carbocycles. The summed E-state index contributed by atoms with van der Waals surface area (Å²) in [5.41, 5.74) is 4.98. The Labute approximate surface area is 93.8 Å². The third kappa shape index (κ3) is 2.02. The smallest absolute Gasteiger partial charge is 0.139 e. The average Bonchev–Trinajstić information content (AvgIpc) is 2.02. The first-order chi connectivity index (χ1) is 6.10. The summed E-state index contributed by atoms with van der Waals surface area (Å²) in [5, 5.41) is 0.579. The van der Waals surface area contributed by atoms with Gasteiger partial charge in [-0.25, -0.2) is 4.39 Å². The summed E-state index contributed by atoms with van der Waals surface area (Å²) < 4.78 is 13.9. The highest BCUT2D eigenvalue weighted by Gasteiger charge is 2.44. The van der Waals surface area contributed by atoms with E-state index in [1.165, 1.54) is 0 Å². The van der Waals surface area contributed by atoms with Crippen LogP contribution in [0.25, 0.3) is 0 Å². The summed E-state index contributed by atoms with van der Waals surface area (Å²) in [4.78, 5) is 0. The zero-order chi connectivity index (χ0) is 9.47. The molecular weight excluding hydrogens is 224 g/mol. The maximum Gasteiger partial charge on any atom is 0.139 e. The van der Waals surface area contributed by atoms with Crippen molar-refractivity contribution in [2.45, 2.75) is 24.6 Å². The van der Waals surface area contributed by atoms with E-state index in [0.717, 1.165) is 0 Å². The van der Waals surface area contributed by atoms with E-state index in [4.69, 9.17) is 17.3 Å². The van der Waals surface area contributed by atoms with Crippen molar-refractivity contribution in [1.29, 1.82) is 0 Å². The number of alkyl halides is 1. The molecule has 78 valence electrons. The lowest BCUT2D eigenvalue weighted by atomic mass is 9.73. The molecule has 0 radical (unpaired) electrons. The Kier molecular flexibility index (Phi) is 3.40. The van der Waals surface area contributed by atoms with Crippen LogP contribution in [0.3, 0.4) is 0 Å². The van der Waals surface area contributed by atoms with Crippen LogP contribution in [0.5, 0.6) is 0 Å². The van der Waals surface area contributed by atoms with Crippen molar-refractivity contribution < 1.29 is 4.39 Å². The lowest BCUT2D eigenvalue weighted by molar-refractivity contribution is 0.0406. The third-order valence-corrected chi connectivity index (χ3v) is 2.75. The number of rotatable bonds is 1. The number of benzene rings is 1. The van der Waals surface area contributed by atoms with E-state index in [0.29, 0.717) is 23.4 Å². The average molecular weight is 236 g/mol. The second kappa shape index (κ2) is 4.05. The number of halogens is 3. The van der Waals surface area contributed by atoms with Crippen LogP contribution < -0.4 is 5.73 Å². The zero-order valence-electron chi connectivity index (χ0n) is 7.54. The molecule has 1 fully saturated rings. The number of nitrogens with two attached hydrogens (primary N) is 1. The van der Waals surface area contributed by atoms with Gasteiger partial charge in [-0.15, -0.1) is 12.4 Å². The van der Waals surface area contributed by atoms with Crippen LogP contribution in [0.2, 0.25) is 5.02 Å². The van der Waals surface area contributed by atoms with Crippen LogP contribution in [0.1, 0.15) is 18.4 Å². The molecule has 0 bridgehead atoms. The Morgan fingerprint density at radius 3 is 2.57 bits per heavy atom. The molecule has 2 rings (SSSR count). The molecular formula is C10H12Cl2FN. The molecule has 0 aliphatic heterocycles. The fourth-order valence-electron chi connectivity index (χ4n) is 1.77. The van der Waals surface area contributed by atoms with E-state index < -0.39 is 5.67 Å². The van der Waals surface area contributed by atoms with Gasteiger partial charge in [0.2, 0.25) is 0 Å². The molecule has 1 aliphatic rings. The highest BCUT2D eigenvalue weighted by Crippen LogP contribution is 2.44. The minimum atomic E-state index is -1.23. The number of hydrogen-bond acceptors (Lipinski definition) is 1. The van der Waals surface area contributed by atoms with Crippen LogP contribution in [-0.4, -0.2) is 6.04 Å². The van der Waals surface area contributed by atoms with Gasteiger partial charge in [0.15, 0.2) is 0 Å². The predicted octanol–water partition coefficient (Wildman–Crippen LogP) is 3.05. The lowest BCUT2D eigenvalue weighted by Gasteiger charge is -2.39. The molecule has 0 spiro atoms. The van der Waals surface area contributed by atoms with Gasteiger partial charge in [0.05, 0.1) is 0 Å². The summed E-state index contributed by atoms with van der Waals surface area (Å²) in [7, 11) is 0. The summed E-state index contributed by atoms with van der Waals surface area (Å²) in [6, 6.07) is 6.95.